The van der Waals surface area contributed by atoms with Crippen LogP contribution < -0.4 is 5.32 Å². The number of nitriles is 1. The fourth-order valence-corrected chi connectivity index (χ4v) is 3.74. The summed E-state index contributed by atoms with van der Waals surface area (Å²) in [4.78, 5) is 12.7. The molecule has 0 unspecified atom stereocenters. The van der Waals surface area contributed by atoms with Gasteiger partial charge < -0.3 is 9.88 Å². The van der Waals surface area contributed by atoms with Crippen molar-refractivity contribution in [1.82, 2.24) is 4.57 Å². The van der Waals surface area contributed by atoms with Gasteiger partial charge in [0.15, 0.2) is 0 Å². The lowest BCUT2D eigenvalue weighted by Crippen LogP contribution is -2.14. The second-order valence-corrected chi connectivity index (χ2v) is 7.59. The minimum atomic E-state index is -0.457. The third-order valence-corrected chi connectivity index (χ3v) is 5.67. The normalized spacial score (nSPS) is 11.3. The number of hydrogen-bond acceptors (Lipinski definition) is 2. The Bertz CT molecular complexity index is 1180. The summed E-state index contributed by atoms with van der Waals surface area (Å²) in [6, 6.07) is 17.6. The number of aromatic nitrogens is 1. The van der Waals surface area contributed by atoms with E-state index in [-0.39, 0.29) is 5.57 Å². The molecule has 0 spiro atoms. The average Bonchev–Trinajstić information content (AvgIpc) is 3.02. The van der Waals surface area contributed by atoms with Crippen molar-refractivity contribution in [3.05, 3.63) is 87.2 Å². The highest BCUT2D eigenvalue weighted by atomic mass is 35.5. The van der Waals surface area contributed by atoms with Crippen LogP contribution in [0.5, 0.6) is 0 Å². The van der Waals surface area contributed by atoms with Crippen molar-refractivity contribution in [3.8, 4) is 11.8 Å². The molecule has 0 aliphatic rings. The molecule has 0 aliphatic heterocycles. The van der Waals surface area contributed by atoms with Gasteiger partial charge in [-0.05, 0) is 74.2 Å². The Hall–Kier alpha value is -3.29. The maximum absolute atomic E-state index is 12.7. The molecule has 1 aromatic heterocycles. The number of halogens is 1. The summed E-state index contributed by atoms with van der Waals surface area (Å²) in [6.07, 6.45) is 2.56. The summed E-state index contributed by atoms with van der Waals surface area (Å²) < 4.78 is 2.17. The van der Waals surface area contributed by atoms with Gasteiger partial charge in [-0.2, -0.15) is 5.26 Å². The monoisotopic (exact) mass is 417 g/mol. The van der Waals surface area contributed by atoms with Gasteiger partial charge in [0.1, 0.15) is 11.6 Å². The first kappa shape index (κ1) is 21.4. The molecule has 0 bridgehead atoms. The van der Waals surface area contributed by atoms with E-state index in [4.69, 9.17) is 11.6 Å². The van der Waals surface area contributed by atoms with Gasteiger partial charge in [-0.1, -0.05) is 42.8 Å². The van der Waals surface area contributed by atoms with Crippen LogP contribution in [-0.2, 0) is 11.2 Å². The third kappa shape index (κ3) is 4.17. The molecule has 152 valence electrons. The average molecular weight is 418 g/mol. The standard InChI is InChI=1S/C25H24ClN3O/c1-5-19-9-6-7-12-24(19)29-16(2)13-20(18(29)4)14-21(15-27)25(30)28-23-11-8-10-22(26)17(23)3/h6-14H,5H2,1-4H3,(H,28,30)/b21-14-. The number of nitrogens with one attached hydrogen (secondary N) is 1. The van der Waals surface area contributed by atoms with Gasteiger partial charge in [0.25, 0.3) is 5.91 Å². The van der Waals surface area contributed by atoms with Crippen molar-refractivity contribution in [1.29, 1.82) is 5.26 Å². The van der Waals surface area contributed by atoms with Crippen LogP contribution in [0.1, 0.15) is 35.0 Å². The van der Waals surface area contributed by atoms with E-state index >= 15 is 0 Å². The lowest BCUT2D eigenvalue weighted by atomic mass is 10.1. The second kappa shape index (κ2) is 9.02. The van der Waals surface area contributed by atoms with Gasteiger partial charge in [0.2, 0.25) is 0 Å². The maximum atomic E-state index is 12.7. The lowest BCUT2D eigenvalue weighted by Gasteiger charge is -2.14. The summed E-state index contributed by atoms with van der Waals surface area (Å²) in [5.41, 5.74) is 6.62. The van der Waals surface area contributed by atoms with Crippen molar-refractivity contribution in [2.24, 2.45) is 0 Å². The zero-order valence-corrected chi connectivity index (χ0v) is 18.3. The zero-order chi connectivity index (χ0) is 21.8. The minimum Gasteiger partial charge on any atom is -0.321 e. The molecule has 1 heterocycles. The summed E-state index contributed by atoms with van der Waals surface area (Å²) in [7, 11) is 0. The van der Waals surface area contributed by atoms with Crippen molar-refractivity contribution < 1.29 is 4.79 Å². The van der Waals surface area contributed by atoms with Gasteiger partial charge >= 0.3 is 0 Å². The molecule has 1 amide bonds. The molecule has 3 aromatic rings. The van der Waals surface area contributed by atoms with E-state index in [1.807, 2.05) is 45.0 Å². The Morgan fingerprint density at radius 1 is 1.17 bits per heavy atom. The molecule has 30 heavy (non-hydrogen) atoms. The molecule has 2 aromatic carbocycles. The van der Waals surface area contributed by atoms with Crippen molar-refractivity contribution in [2.45, 2.75) is 34.1 Å². The second-order valence-electron chi connectivity index (χ2n) is 7.18. The molecule has 0 radical (unpaired) electrons. The Kier molecular flexibility index (Phi) is 6.44. The predicted octanol–water partition coefficient (Wildman–Crippen LogP) is 6.16. The Balaban J connectivity index is 1.98. The van der Waals surface area contributed by atoms with E-state index in [1.165, 1.54) is 5.56 Å². The number of nitrogens with zero attached hydrogens (tertiary/aromatic N) is 2. The maximum Gasteiger partial charge on any atom is 0.266 e. The molecule has 5 heteroatoms. The Morgan fingerprint density at radius 2 is 1.90 bits per heavy atom. The van der Waals surface area contributed by atoms with E-state index in [2.05, 4.69) is 28.9 Å². The van der Waals surface area contributed by atoms with Crippen LogP contribution in [0, 0.1) is 32.1 Å². The largest absolute Gasteiger partial charge is 0.321 e. The van der Waals surface area contributed by atoms with E-state index in [9.17, 15) is 10.1 Å². The molecular weight excluding hydrogens is 394 g/mol. The number of carbonyl (C=O) groups is 1. The number of carbonyl (C=O) groups excluding carboxylic acids is 1. The molecule has 4 nitrogen and oxygen atoms in total. The highest BCUT2D eigenvalue weighted by Crippen LogP contribution is 2.26. The number of rotatable bonds is 5. The first-order chi connectivity index (χ1) is 14.4. The quantitative estimate of drug-likeness (QED) is 0.399. The van der Waals surface area contributed by atoms with Crippen LogP contribution in [-0.4, -0.2) is 10.5 Å². The summed E-state index contributed by atoms with van der Waals surface area (Å²) in [5, 5.41) is 13.0. The number of anilines is 1. The highest BCUT2D eigenvalue weighted by Gasteiger charge is 2.16. The van der Waals surface area contributed by atoms with Gasteiger partial charge in [-0.25, -0.2) is 0 Å². The molecule has 0 aliphatic carbocycles. The van der Waals surface area contributed by atoms with E-state index < -0.39 is 5.91 Å². The summed E-state index contributed by atoms with van der Waals surface area (Å²) in [6.45, 7) is 7.98. The van der Waals surface area contributed by atoms with E-state index in [1.54, 1.807) is 24.3 Å². The third-order valence-electron chi connectivity index (χ3n) is 5.26. The summed E-state index contributed by atoms with van der Waals surface area (Å²) in [5.74, 6) is -0.457. The SMILES string of the molecule is CCc1ccccc1-n1c(C)cc(/C=C(/C#N)C(=O)Nc2cccc(Cl)c2C)c1C. The molecule has 3 rings (SSSR count). The molecule has 0 fully saturated rings. The van der Waals surface area contributed by atoms with Crippen LogP contribution in [0.2, 0.25) is 5.02 Å². The first-order valence-corrected chi connectivity index (χ1v) is 10.2. The fourth-order valence-electron chi connectivity index (χ4n) is 3.57. The van der Waals surface area contributed by atoms with Gasteiger partial charge in [0.05, 0.1) is 0 Å². The predicted molar refractivity (Wildman–Crippen MR) is 123 cm³/mol. The van der Waals surface area contributed by atoms with Gasteiger partial charge in [0, 0.05) is 27.8 Å². The number of benzene rings is 2. The van der Waals surface area contributed by atoms with Crippen LogP contribution >= 0.6 is 11.6 Å². The Labute approximate surface area is 182 Å². The van der Waals surface area contributed by atoms with Gasteiger partial charge in [-0.3, -0.25) is 4.79 Å². The van der Waals surface area contributed by atoms with Crippen LogP contribution in [0.25, 0.3) is 11.8 Å². The number of aryl methyl sites for hydroxylation is 2. The van der Waals surface area contributed by atoms with Crippen LogP contribution in [0.15, 0.2) is 54.1 Å². The molecule has 1 N–H and O–H groups in total. The number of hydrogen-bond donors (Lipinski definition) is 1. The smallest absolute Gasteiger partial charge is 0.266 e. The lowest BCUT2D eigenvalue weighted by molar-refractivity contribution is -0.112. The minimum absolute atomic E-state index is 0.0402. The van der Waals surface area contributed by atoms with E-state index in [0.717, 1.165) is 34.6 Å². The van der Waals surface area contributed by atoms with E-state index in [0.29, 0.717) is 10.7 Å². The first-order valence-electron chi connectivity index (χ1n) is 9.82. The molecular formula is C25H24ClN3O. The van der Waals surface area contributed by atoms with Crippen molar-refractivity contribution >= 4 is 29.3 Å². The molecule has 0 saturated heterocycles. The van der Waals surface area contributed by atoms with Crippen LogP contribution in [0.4, 0.5) is 5.69 Å². The summed E-state index contributed by atoms with van der Waals surface area (Å²) >= 11 is 6.13. The molecule has 0 atom stereocenters. The van der Waals surface area contributed by atoms with Gasteiger partial charge in [-0.15, -0.1) is 0 Å². The van der Waals surface area contributed by atoms with Crippen molar-refractivity contribution in [3.63, 3.8) is 0 Å². The number of para-hydroxylation sites is 1. The van der Waals surface area contributed by atoms with Crippen molar-refractivity contribution in [2.75, 3.05) is 5.32 Å². The number of amides is 1. The highest BCUT2D eigenvalue weighted by molar-refractivity contribution is 6.31. The van der Waals surface area contributed by atoms with Crippen LogP contribution in [0.3, 0.4) is 0 Å². The Morgan fingerprint density at radius 3 is 2.60 bits per heavy atom. The molecule has 0 saturated carbocycles. The fraction of sp³-hybridized carbons (Fsp3) is 0.200. The zero-order valence-electron chi connectivity index (χ0n) is 17.6. The topological polar surface area (TPSA) is 57.8 Å².